The Bertz CT molecular complexity index is 721. The van der Waals surface area contributed by atoms with E-state index in [0.29, 0.717) is 17.7 Å². The van der Waals surface area contributed by atoms with Gasteiger partial charge in [0.25, 0.3) is 0 Å². The minimum Gasteiger partial charge on any atom is -0.342 e. The van der Waals surface area contributed by atoms with Gasteiger partial charge in [-0.2, -0.15) is 4.98 Å². The van der Waals surface area contributed by atoms with Gasteiger partial charge in [-0.25, -0.2) is 0 Å². The molecule has 1 aromatic carbocycles. The van der Waals surface area contributed by atoms with Gasteiger partial charge in [-0.05, 0) is 37.2 Å². The molecule has 2 heterocycles. The molecule has 1 aromatic heterocycles. The predicted molar refractivity (Wildman–Crippen MR) is 89.4 cm³/mol. The van der Waals surface area contributed by atoms with Crippen LogP contribution in [-0.2, 0) is 16.6 Å². The van der Waals surface area contributed by atoms with Gasteiger partial charge in [-0.1, -0.05) is 35.5 Å². The minimum atomic E-state index is -0.235. The van der Waals surface area contributed by atoms with Crippen LogP contribution in [0.15, 0.2) is 34.9 Å². The first-order valence-electron chi connectivity index (χ1n) is 8.81. The number of carbonyl (C=O) groups is 1. The fraction of sp³-hybridized carbons (Fsp3) is 0.526. The molecule has 1 aliphatic heterocycles. The van der Waals surface area contributed by atoms with Crippen LogP contribution in [-0.4, -0.2) is 34.0 Å². The Labute approximate surface area is 142 Å². The third-order valence-electron chi connectivity index (χ3n) is 5.40. The Morgan fingerprint density at radius 1 is 1.33 bits per heavy atom. The van der Waals surface area contributed by atoms with Crippen molar-refractivity contribution in [1.82, 2.24) is 15.0 Å². The summed E-state index contributed by atoms with van der Waals surface area (Å²) in [6, 6.07) is 10.3. The Morgan fingerprint density at radius 3 is 2.79 bits per heavy atom. The summed E-state index contributed by atoms with van der Waals surface area (Å²) in [5, 5.41) is 3.95. The second-order valence-electron chi connectivity index (χ2n) is 7.12. The third-order valence-corrected chi connectivity index (χ3v) is 5.40. The van der Waals surface area contributed by atoms with E-state index >= 15 is 0 Å². The predicted octanol–water partition coefficient (Wildman–Crippen LogP) is 2.89. The minimum absolute atomic E-state index is 0.235. The quantitative estimate of drug-likeness (QED) is 0.848. The molecule has 1 amide bonds. The molecule has 1 saturated carbocycles. The van der Waals surface area contributed by atoms with Crippen molar-refractivity contribution in [2.45, 2.75) is 44.4 Å². The summed E-state index contributed by atoms with van der Waals surface area (Å²) in [6.07, 6.45) is 4.89. The molecule has 1 saturated heterocycles. The van der Waals surface area contributed by atoms with E-state index in [1.165, 1.54) is 5.56 Å². The number of aromatic nitrogens is 2. The largest absolute Gasteiger partial charge is 0.342 e. The number of amides is 1. The van der Waals surface area contributed by atoms with Gasteiger partial charge in [0.2, 0.25) is 11.8 Å². The number of benzene rings is 1. The van der Waals surface area contributed by atoms with Gasteiger partial charge in [-0.3, -0.25) is 4.79 Å². The van der Waals surface area contributed by atoms with Crippen LogP contribution in [0.4, 0.5) is 0 Å². The topological polar surface area (TPSA) is 59.2 Å². The number of nitrogens with zero attached hydrogens (tertiary/aromatic N) is 3. The zero-order chi connectivity index (χ0) is 16.6. The molecule has 2 aromatic rings. The van der Waals surface area contributed by atoms with Crippen LogP contribution in [0.25, 0.3) is 0 Å². The highest BCUT2D eigenvalue weighted by Crippen LogP contribution is 2.50. The van der Waals surface area contributed by atoms with Crippen LogP contribution in [0, 0.1) is 12.8 Å². The summed E-state index contributed by atoms with van der Waals surface area (Å²) in [5.74, 6) is 2.26. The lowest BCUT2D eigenvalue weighted by atomic mass is 9.94. The molecule has 0 spiro atoms. The van der Waals surface area contributed by atoms with Crippen LogP contribution >= 0.6 is 0 Å². The van der Waals surface area contributed by atoms with Crippen molar-refractivity contribution in [1.29, 1.82) is 0 Å². The van der Waals surface area contributed by atoms with Crippen molar-refractivity contribution >= 4 is 5.91 Å². The lowest BCUT2D eigenvalue weighted by Crippen LogP contribution is -2.37. The Kier molecular flexibility index (Phi) is 3.87. The van der Waals surface area contributed by atoms with Gasteiger partial charge in [0.05, 0.1) is 5.41 Å². The lowest BCUT2D eigenvalue weighted by molar-refractivity contribution is -0.133. The highest BCUT2D eigenvalue weighted by atomic mass is 16.5. The van der Waals surface area contributed by atoms with E-state index in [1.807, 2.05) is 25.1 Å². The molecule has 5 heteroatoms. The zero-order valence-electron chi connectivity index (χ0n) is 14.1. The fourth-order valence-corrected chi connectivity index (χ4v) is 3.84. The van der Waals surface area contributed by atoms with Gasteiger partial charge in [-0.15, -0.1) is 0 Å². The van der Waals surface area contributed by atoms with Crippen molar-refractivity contribution in [3.63, 3.8) is 0 Å². The molecule has 1 unspecified atom stereocenters. The number of hydrogen-bond acceptors (Lipinski definition) is 4. The highest BCUT2D eigenvalue weighted by molar-refractivity contribution is 5.91. The summed E-state index contributed by atoms with van der Waals surface area (Å²) < 4.78 is 5.02. The molecule has 24 heavy (non-hydrogen) atoms. The maximum absolute atomic E-state index is 13.0. The third kappa shape index (κ3) is 2.83. The van der Waals surface area contributed by atoms with E-state index in [4.69, 9.17) is 4.52 Å². The van der Waals surface area contributed by atoms with E-state index in [-0.39, 0.29) is 5.41 Å². The Hall–Kier alpha value is -2.17. The van der Waals surface area contributed by atoms with Gasteiger partial charge in [0, 0.05) is 26.4 Å². The smallest absolute Gasteiger partial charge is 0.233 e. The maximum atomic E-state index is 13.0. The second kappa shape index (κ2) is 6.04. The molecule has 1 atom stereocenters. The number of carbonyl (C=O) groups excluding carboxylic acids is 1. The molecule has 0 bridgehead atoms. The van der Waals surface area contributed by atoms with Crippen LogP contribution in [0.2, 0.25) is 0 Å². The summed E-state index contributed by atoms with van der Waals surface area (Å²) >= 11 is 0. The van der Waals surface area contributed by atoms with Crippen molar-refractivity contribution in [3.05, 3.63) is 47.6 Å². The van der Waals surface area contributed by atoms with Crippen molar-refractivity contribution < 1.29 is 9.32 Å². The highest BCUT2D eigenvalue weighted by Gasteiger charge is 2.53. The van der Waals surface area contributed by atoms with Gasteiger partial charge < -0.3 is 9.42 Å². The fourth-order valence-electron chi connectivity index (χ4n) is 3.84. The normalized spacial score (nSPS) is 21.9. The van der Waals surface area contributed by atoms with E-state index in [2.05, 4.69) is 27.2 Å². The second-order valence-corrected chi connectivity index (χ2v) is 7.12. The molecule has 5 nitrogen and oxygen atoms in total. The standard InChI is InChI=1S/C19H23N3O2/c1-14-20-17(21-24-14)8-7-15-9-12-22(13-15)18(23)19(10-11-19)16-5-3-2-4-6-16/h2-6,15H,7-13H2,1H3. The van der Waals surface area contributed by atoms with Crippen LogP contribution in [0.3, 0.4) is 0 Å². The molecule has 0 N–H and O–H groups in total. The molecular formula is C19H23N3O2. The summed E-state index contributed by atoms with van der Waals surface area (Å²) in [4.78, 5) is 19.4. The molecule has 0 radical (unpaired) electrons. The zero-order valence-corrected chi connectivity index (χ0v) is 14.1. The lowest BCUT2D eigenvalue weighted by Gasteiger charge is -2.23. The number of rotatable bonds is 5. The monoisotopic (exact) mass is 325 g/mol. The summed E-state index contributed by atoms with van der Waals surface area (Å²) in [7, 11) is 0. The molecular weight excluding hydrogens is 302 g/mol. The van der Waals surface area contributed by atoms with E-state index in [1.54, 1.807) is 0 Å². The number of hydrogen-bond donors (Lipinski definition) is 0. The van der Waals surface area contributed by atoms with E-state index in [0.717, 1.165) is 51.0 Å². The van der Waals surface area contributed by atoms with E-state index < -0.39 is 0 Å². The van der Waals surface area contributed by atoms with Crippen molar-refractivity contribution in [3.8, 4) is 0 Å². The Morgan fingerprint density at radius 2 is 2.12 bits per heavy atom. The van der Waals surface area contributed by atoms with Gasteiger partial charge >= 0.3 is 0 Å². The molecule has 126 valence electrons. The van der Waals surface area contributed by atoms with Gasteiger partial charge in [0.1, 0.15) is 0 Å². The van der Waals surface area contributed by atoms with Crippen LogP contribution in [0.5, 0.6) is 0 Å². The first-order valence-corrected chi connectivity index (χ1v) is 8.81. The maximum Gasteiger partial charge on any atom is 0.233 e. The average molecular weight is 325 g/mol. The summed E-state index contributed by atoms with van der Waals surface area (Å²) in [6.45, 7) is 3.55. The van der Waals surface area contributed by atoms with Crippen molar-refractivity contribution in [2.24, 2.45) is 5.92 Å². The van der Waals surface area contributed by atoms with Crippen molar-refractivity contribution in [2.75, 3.05) is 13.1 Å². The van der Waals surface area contributed by atoms with Gasteiger partial charge in [0.15, 0.2) is 5.82 Å². The van der Waals surface area contributed by atoms with Crippen LogP contribution < -0.4 is 0 Å². The first kappa shape index (κ1) is 15.4. The average Bonchev–Trinajstić information content (AvgIpc) is 3.10. The molecule has 4 rings (SSSR count). The number of aryl methyl sites for hydroxylation is 2. The van der Waals surface area contributed by atoms with Crippen LogP contribution in [0.1, 0.15) is 43.0 Å². The SMILES string of the molecule is Cc1nc(CCC2CCN(C(=O)C3(c4ccccc4)CC3)C2)no1. The van der Waals surface area contributed by atoms with E-state index in [9.17, 15) is 4.79 Å². The molecule has 2 aliphatic rings. The number of likely N-dealkylation sites (tertiary alicyclic amines) is 1. The molecule has 1 aliphatic carbocycles. The molecule has 2 fully saturated rings. The first-order chi connectivity index (χ1) is 11.7. The summed E-state index contributed by atoms with van der Waals surface area (Å²) in [5.41, 5.74) is 0.946. The Balaban J connectivity index is 1.36.